The Kier molecular flexibility index (Phi) is 4.61. The molecular weight excluding hydrogens is 304 g/mol. The number of carbonyl (C=O) groups excluding carboxylic acids is 1. The van der Waals surface area contributed by atoms with E-state index in [1.54, 1.807) is 6.92 Å². The first-order valence-electron chi connectivity index (χ1n) is 8.04. The molecule has 1 aromatic carbocycles. The second kappa shape index (κ2) is 6.84. The highest BCUT2D eigenvalue weighted by Gasteiger charge is 2.20. The normalized spacial score (nSPS) is 15.3. The average Bonchev–Trinajstić information content (AvgIpc) is 2.58. The van der Waals surface area contributed by atoms with Gasteiger partial charge in [-0.25, -0.2) is 9.97 Å². The molecule has 0 atom stereocenters. The highest BCUT2D eigenvalue weighted by Crippen LogP contribution is 2.28. The van der Waals surface area contributed by atoms with Gasteiger partial charge in [-0.3, -0.25) is 4.79 Å². The molecule has 3 rings (SSSR count). The van der Waals surface area contributed by atoms with Crippen LogP contribution in [0.15, 0.2) is 30.5 Å². The van der Waals surface area contributed by atoms with Crippen molar-refractivity contribution >= 4 is 23.1 Å². The van der Waals surface area contributed by atoms with E-state index in [0.717, 1.165) is 37.3 Å². The van der Waals surface area contributed by atoms with Gasteiger partial charge in [-0.1, -0.05) is 12.1 Å². The van der Waals surface area contributed by atoms with Crippen LogP contribution in [-0.4, -0.2) is 35.0 Å². The topological polar surface area (TPSA) is 110 Å². The number of nitrogen functional groups attached to an aromatic ring is 1. The third-order valence-electron chi connectivity index (χ3n) is 4.17. The van der Waals surface area contributed by atoms with Gasteiger partial charge in [0.15, 0.2) is 11.5 Å². The van der Waals surface area contributed by atoms with Crippen LogP contribution < -0.4 is 21.7 Å². The Balaban J connectivity index is 1.82. The molecule has 24 heavy (non-hydrogen) atoms. The summed E-state index contributed by atoms with van der Waals surface area (Å²) in [4.78, 5) is 23.0. The van der Waals surface area contributed by atoms with Crippen LogP contribution >= 0.6 is 0 Å². The number of rotatable bonds is 3. The number of nitrogens with two attached hydrogens (primary N) is 2. The van der Waals surface area contributed by atoms with E-state index in [9.17, 15) is 4.79 Å². The molecule has 1 aliphatic heterocycles. The van der Waals surface area contributed by atoms with Crippen LogP contribution in [0, 0.1) is 6.92 Å². The van der Waals surface area contributed by atoms with Crippen molar-refractivity contribution in [2.45, 2.75) is 25.8 Å². The summed E-state index contributed by atoms with van der Waals surface area (Å²) in [7, 11) is 0. The van der Waals surface area contributed by atoms with E-state index in [-0.39, 0.29) is 23.5 Å². The van der Waals surface area contributed by atoms with Crippen LogP contribution in [0.4, 0.5) is 17.2 Å². The van der Waals surface area contributed by atoms with Gasteiger partial charge in [0, 0.05) is 19.1 Å². The Labute approximate surface area is 141 Å². The Morgan fingerprint density at radius 3 is 2.75 bits per heavy atom. The van der Waals surface area contributed by atoms with Crippen molar-refractivity contribution in [2.75, 3.05) is 29.0 Å². The van der Waals surface area contributed by atoms with Gasteiger partial charge in [-0.2, -0.15) is 0 Å². The summed E-state index contributed by atoms with van der Waals surface area (Å²) in [6, 6.07) is 7.98. The molecule has 0 spiro atoms. The van der Waals surface area contributed by atoms with Gasteiger partial charge in [0.2, 0.25) is 0 Å². The van der Waals surface area contributed by atoms with Crippen LogP contribution in [0.25, 0.3) is 0 Å². The Bertz CT molecular complexity index is 740. The zero-order valence-corrected chi connectivity index (χ0v) is 13.7. The van der Waals surface area contributed by atoms with Crippen molar-refractivity contribution in [3.63, 3.8) is 0 Å². The highest BCUT2D eigenvalue weighted by atomic mass is 16.1. The standard InChI is InChI=1S/C17H22N6O/c1-11-10-20-16(19)15(21-11)17(24)22-13-4-2-3-5-14(13)23-8-6-12(18)7-9-23/h2-5,10,12H,6-9,18H2,1H3,(H2,19,20)(H,22,24). The van der Waals surface area contributed by atoms with Gasteiger partial charge >= 0.3 is 0 Å². The lowest BCUT2D eigenvalue weighted by Gasteiger charge is -2.33. The number of hydrogen-bond donors (Lipinski definition) is 3. The Morgan fingerprint density at radius 1 is 1.29 bits per heavy atom. The van der Waals surface area contributed by atoms with Crippen molar-refractivity contribution in [1.29, 1.82) is 0 Å². The number of benzene rings is 1. The van der Waals surface area contributed by atoms with Crippen molar-refractivity contribution in [3.8, 4) is 0 Å². The minimum absolute atomic E-state index is 0.125. The van der Waals surface area contributed by atoms with Gasteiger partial charge in [0.1, 0.15) is 0 Å². The number of nitrogens with zero attached hydrogens (tertiary/aromatic N) is 3. The monoisotopic (exact) mass is 326 g/mol. The molecule has 2 heterocycles. The quantitative estimate of drug-likeness (QED) is 0.789. The first kappa shape index (κ1) is 16.2. The van der Waals surface area contributed by atoms with Crippen LogP contribution in [0.2, 0.25) is 0 Å². The number of anilines is 3. The number of amides is 1. The number of aryl methyl sites for hydroxylation is 1. The summed E-state index contributed by atoms with van der Waals surface area (Å²) in [6.07, 6.45) is 3.42. The molecule has 1 saturated heterocycles. The molecule has 5 N–H and O–H groups in total. The molecule has 7 heteroatoms. The molecule has 0 saturated carbocycles. The van der Waals surface area contributed by atoms with Crippen molar-refractivity contribution in [2.24, 2.45) is 5.73 Å². The van der Waals surface area contributed by atoms with E-state index in [2.05, 4.69) is 20.2 Å². The smallest absolute Gasteiger partial charge is 0.278 e. The molecule has 1 amide bonds. The van der Waals surface area contributed by atoms with Gasteiger partial charge in [-0.15, -0.1) is 0 Å². The van der Waals surface area contributed by atoms with Crippen LogP contribution in [0.5, 0.6) is 0 Å². The second-order valence-corrected chi connectivity index (χ2v) is 6.04. The van der Waals surface area contributed by atoms with Gasteiger partial charge < -0.3 is 21.7 Å². The van der Waals surface area contributed by atoms with Crippen LogP contribution in [0.1, 0.15) is 29.0 Å². The first-order chi connectivity index (χ1) is 11.5. The maximum atomic E-state index is 12.5. The first-order valence-corrected chi connectivity index (χ1v) is 8.04. The van der Waals surface area contributed by atoms with Crippen molar-refractivity contribution < 1.29 is 4.79 Å². The lowest BCUT2D eigenvalue weighted by atomic mass is 10.0. The number of nitrogens with one attached hydrogen (secondary N) is 1. The maximum Gasteiger partial charge on any atom is 0.278 e. The second-order valence-electron chi connectivity index (χ2n) is 6.04. The maximum absolute atomic E-state index is 12.5. The third-order valence-corrected chi connectivity index (χ3v) is 4.17. The van der Waals surface area contributed by atoms with E-state index in [1.807, 2.05) is 24.3 Å². The predicted octanol–water partition coefficient (Wildman–Crippen LogP) is 1.55. The molecular formula is C17H22N6O. The number of piperidine rings is 1. The zero-order chi connectivity index (χ0) is 17.1. The molecule has 1 fully saturated rings. The highest BCUT2D eigenvalue weighted by molar-refractivity contribution is 6.07. The minimum Gasteiger partial charge on any atom is -0.382 e. The summed E-state index contributed by atoms with van der Waals surface area (Å²) in [5.41, 5.74) is 14.3. The summed E-state index contributed by atoms with van der Waals surface area (Å²) in [5, 5.41) is 2.91. The molecule has 1 aromatic heterocycles. The van der Waals surface area contributed by atoms with Gasteiger partial charge in [0.25, 0.3) is 5.91 Å². The average molecular weight is 326 g/mol. The number of para-hydroxylation sites is 2. The van der Waals surface area contributed by atoms with Crippen LogP contribution in [0.3, 0.4) is 0 Å². The molecule has 0 radical (unpaired) electrons. The summed E-state index contributed by atoms with van der Waals surface area (Å²) >= 11 is 0. The largest absolute Gasteiger partial charge is 0.382 e. The van der Waals surface area contributed by atoms with E-state index in [0.29, 0.717) is 5.69 Å². The molecule has 0 aliphatic carbocycles. The number of carbonyl (C=O) groups is 1. The molecule has 1 aliphatic rings. The molecule has 0 bridgehead atoms. The minimum atomic E-state index is -0.357. The third kappa shape index (κ3) is 3.46. The fraction of sp³-hybridized carbons (Fsp3) is 0.353. The predicted molar refractivity (Wildman–Crippen MR) is 95.0 cm³/mol. The lowest BCUT2D eigenvalue weighted by molar-refractivity contribution is 0.102. The Hall–Kier alpha value is -2.67. The summed E-state index contributed by atoms with van der Waals surface area (Å²) < 4.78 is 0. The van der Waals surface area contributed by atoms with Gasteiger partial charge in [-0.05, 0) is 31.9 Å². The van der Waals surface area contributed by atoms with E-state index >= 15 is 0 Å². The molecule has 126 valence electrons. The zero-order valence-electron chi connectivity index (χ0n) is 13.7. The number of hydrogen-bond acceptors (Lipinski definition) is 6. The lowest BCUT2D eigenvalue weighted by Crippen LogP contribution is -2.40. The van der Waals surface area contributed by atoms with Crippen molar-refractivity contribution in [3.05, 3.63) is 41.9 Å². The van der Waals surface area contributed by atoms with E-state index < -0.39 is 0 Å². The molecule has 0 unspecified atom stereocenters. The van der Waals surface area contributed by atoms with E-state index in [4.69, 9.17) is 11.5 Å². The fourth-order valence-corrected chi connectivity index (χ4v) is 2.83. The molecule has 2 aromatic rings. The summed E-state index contributed by atoms with van der Waals surface area (Å²) in [5.74, 6) is -0.232. The fourth-order valence-electron chi connectivity index (χ4n) is 2.83. The molecule has 7 nitrogen and oxygen atoms in total. The SMILES string of the molecule is Cc1cnc(N)c(C(=O)Nc2ccccc2N2CCC(N)CC2)n1. The summed E-state index contributed by atoms with van der Waals surface area (Å²) in [6.45, 7) is 3.52. The van der Waals surface area contributed by atoms with Crippen molar-refractivity contribution in [1.82, 2.24) is 9.97 Å². The van der Waals surface area contributed by atoms with E-state index in [1.165, 1.54) is 6.20 Å². The Morgan fingerprint density at radius 2 is 2.00 bits per heavy atom. The number of aromatic nitrogens is 2. The van der Waals surface area contributed by atoms with Gasteiger partial charge in [0.05, 0.1) is 23.3 Å². The van der Waals surface area contributed by atoms with Crippen LogP contribution in [-0.2, 0) is 0 Å².